The summed E-state index contributed by atoms with van der Waals surface area (Å²) in [6.45, 7) is 4.54. The number of benzene rings is 2. The molecule has 1 aromatic heterocycles. The minimum atomic E-state index is -0.209. The van der Waals surface area contributed by atoms with Gasteiger partial charge < -0.3 is 19.2 Å². The number of aromatic amines is 1. The van der Waals surface area contributed by atoms with Gasteiger partial charge in [-0.15, -0.1) is 0 Å². The van der Waals surface area contributed by atoms with Crippen molar-refractivity contribution >= 4 is 22.5 Å². The summed E-state index contributed by atoms with van der Waals surface area (Å²) in [5.41, 5.74) is 0.356. The van der Waals surface area contributed by atoms with Gasteiger partial charge in [-0.2, -0.15) is 0 Å². The van der Waals surface area contributed by atoms with Crippen LogP contribution in [0.1, 0.15) is 12.7 Å². The molecule has 0 spiro atoms. The Morgan fingerprint density at radius 3 is 2.45 bits per heavy atom. The number of methoxy groups -OCH3 is 2. The lowest BCUT2D eigenvalue weighted by Crippen LogP contribution is -2.29. The topological polar surface area (TPSA) is 76.7 Å². The maximum absolute atomic E-state index is 12.5. The van der Waals surface area contributed by atoms with Crippen molar-refractivity contribution in [2.24, 2.45) is 0 Å². The average molecular weight is 418 g/mol. The van der Waals surface area contributed by atoms with Crippen LogP contribution in [0.4, 0.5) is 0 Å². The fourth-order valence-corrected chi connectivity index (χ4v) is 3.10. The van der Waals surface area contributed by atoms with Crippen LogP contribution in [0.2, 0.25) is 5.02 Å². The molecule has 0 bridgehead atoms. The maximum Gasteiger partial charge on any atom is 0.258 e. The Kier molecular flexibility index (Phi) is 6.95. The normalized spacial score (nSPS) is 11.1. The van der Waals surface area contributed by atoms with Gasteiger partial charge in [-0.3, -0.25) is 9.69 Å². The van der Waals surface area contributed by atoms with E-state index in [0.717, 1.165) is 12.3 Å². The monoisotopic (exact) mass is 417 g/mol. The van der Waals surface area contributed by atoms with Crippen LogP contribution in [0.15, 0.2) is 41.2 Å². The third-order valence-corrected chi connectivity index (χ3v) is 4.82. The lowest BCUT2D eigenvalue weighted by Gasteiger charge is -2.20. The fourth-order valence-electron chi connectivity index (χ4n) is 2.97. The number of hydrogen-bond donors (Lipinski definition) is 1. The van der Waals surface area contributed by atoms with Crippen molar-refractivity contribution < 1.29 is 14.2 Å². The van der Waals surface area contributed by atoms with Crippen molar-refractivity contribution in [1.29, 1.82) is 0 Å². The van der Waals surface area contributed by atoms with Crippen molar-refractivity contribution in [3.63, 3.8) is 0 Å². The number of rotatable bonds is 9. The van der Waals surface area contributed by atoms with Crippen LogP contribution in [0.3, 0.4) is 0 Å². The number of halogens is 1. The zero-order valence-corrected chi connectivity index (χ0v) is 17.5. The molecule has 3 aromatic rings. The summed E-state index contributed by atoms with van der Waals surface area (Å²) in [6.07, 6.45) is 0. The Hall–Kier alpha value is -2.77. The van der Waals surface area contributed by atoms with Crippen LogP contribution >= 0.6 is 11.6 Å². The molecule has 0 aliphatic heterocycles. The molecule has 8 heteroatoms. The smallest absolute Gasteiger partial charge is 0.258 e. The van der Waals surface area contributed by atoms with Gasteiger partial charge in [0.05, 0.1) is 31.7 Å². The Morgan fingerprint density at radius 1 is 1.10 bits per heavy atom. The van der Waals surface area contributed by atoms with Crippen molar-refractivity contribution in [2.45, 2.75) is 13.5 Å². The van der Waals surface area contributed by atoms with Gasteiger partial charge >= 0.3 is 0 Å². The number of likely N-dealkylation sites (N-methyl/N-ethyl adjacent to an activating group) is 1. The Balaban J connectivity index is 1.71. The van der Waals surface area contributed by atoms with Crippen molar-refractivity contribution in [3.8, 4) is 17.2 Å². The maximum atomic E-state index is 12.5. The number of ether oxygens (including phenoxy) is 3. The van der Waals surface area contributed by atoms with Gasteiger partial charge in [0, 0.05) is 17.6 Å². The highest BCUT2D eigenvalue weighted by molar-refractivity contribution is 6.30. The van der Waals surface area contributed by atoms with E-state index in [0.29, 0.717) is 52.9 Å². The van der Waals surface area contributed by atoms with Crippen LogP contribution in [-0.4, -0.2) is 48.8 Å². The molecular formula is C21H24ClN3O4. The van der Waals surface area contributed by atoms with Gasteiger partial charge in [-0.25, -0.2) is 4.98 Å². The second-order valence-electron chi connectivity index (χ2n) is 6.41. The Bertz CT molecular complexity index is 1020. The molecule has 0 radical (unpaired) electrons. The zero-order chi connectivity index (χ0) is 20.8. The van der Waals surface area contributed by atoms with Crippen LogP contribution in [-0.2, 0) is 6.54 Å². The first kappa shape index (κ1) is 21.0. The molecule has 0 atom stereocenters. The number of aromatic nitrogens is 2. The van der Waals surface area contributed by atoms with Crippen molar-refractivity contribution in [2.75, 3.05) is 33.9 Å². The second-order valence-corrected chi connectivity index (χ2v) is 6.84. The van der Waals surface area contributed by atoms with Gasteiger partial charge in [-0.05, 0) is 36.9 Å². The highest BCUT2D eigenvalue weighted by Gasteiger charge is 2.13. The highest BCUT2D eigenvalue weighted by Crippen LogP contribution is 2.29. The number of nitrogens with one attached hydrogen (secondary N) is 1. The molecule has 0 fully saturated rings. The van der Waals surface area contributed by atoms with E-state index in [9.17, 15) is 4.79 Å². The molecule has 0 aliphatic carbocycles. The van der Waals surface area contributed by atoms with Crippen LogP contribution in [0, 0.1) is 0 Å². The SMILES string of the molecule is CCN(CCOc1ccc(Cl)cc1)Cc1nc2cc(OC)c(OC)cc2c(=O)[nH]1. The molecule has 1 heterocycles. The van der Waals surface area contributed by atoms with Gasteiger partial charge in [0.25, 0.3) is 5.56 Å². The van der Waals surface area contributed by atoms with Gasteiger partial charge in [-0.1, -0.05) is 18.5 Å². The van der Waals surface area contributed by atoms with E-state index in [1.54, 1.807) is 31.4 Å². The summed E-state index contributed by atoms with van der Waals surface area (Å²) >= 11 is 5.88. The first-order valence-electron chi connectivity index (χ1n) is 9.29. The van der Waals surface area contributed by atoms with E-state index in [-0.39, 0.29) is 5.56 Å². The molecule has 29 heavy (non-hydrogen) atoms. The minimum Gasteiger partial charge on any atom is -0.493 e. The first-order chi connectivity index (χ1) is 14.0. The van der Waals surface area contributed by atoms with Crippen molar-refractivity contribution in [1.82, 2.24) is 14.9 Å². The Labute approximate surface area is 174 Å². The lowest BCUT2D eigenvalue weighted by atomic mass is 10.2. The van der Waals surface area contributed by atoms with Gasteiger partial charge in [0.2, 0.25) is 0 Å². The Morgan fingerprint density at radius 2 is 1.79 bits per heavy atom. The van der Waals surface area contributed by atoms with E-state index in [1.807, 2.05) is 12.1 Å². The number of H-pyrrole nitrogens is 1. The largest absolute Gasteiger partial charge is 0.493 e. The molecule has 0 saturated carbocycles. The number of hydrogen-bond acceptors (Lipinski definition) is 6. The van der Waals surface area contributed by atoms with E-state index in [4.69, 9.17) is 25.8 Å². The number of fused-ring (bicyclic) bond motifs is 1. The fraction of sp³-hybridized carbons (Fsp3) is 0.333. The summed E-state index contributed by atoms with van der Waals surface area (Å²) in [7, 11) is 3.09. The van der Waals surface area contributed by atoms with Gasteiger partial charge in [0.15, 0.2) is 11.5 Å². The van der Waals surface area contributed by atoms with Crippen molar-refractivity contribution in [3.05, 3.63) is 57.6 Å². The molecule has 1 N–H and O–H groups in total. The molecule has 0 saturated heterocycles. The lowest BCUT2D eigenvalue weighted by molar-refractivity contribution is 0.206. The third-order valence-electron chi connectivity index (χ3n) is 4.57. The minimum absolute atomic E-state index is 0.209. The van der Waals surface area contributed by atoms with Crippen LogP contribution in [0.5, 0.6) is 17.2 Å². The standard InChI is InChI=1S/C21H24ClN3O4/c1-4-25(9-10-29-15-7-5-14(22)6-8-15)13-20-23-17-12-19(28-3)18(27-2)11-16(17)21(26)24-20/h5-8,11-12H,4,9-10,13H2,1-3H3,(H,23,24,26). The summed E-state index contributed by atoms with van der Waals surface area (Å²) in [5.74, 6) is 2.38. The third kappa shape index (κ3) is 5.19. The molecule has 0 amide bonds. The van der Waals surface area contributed by atoms with E-state index < -0.39 is 0 Å². The molecule has 154 valence electrons. The average Bonchev–Trinajstić information content (AvgIpc) is 2.73. The molecule has 7 nitrogen and oxygen atoms in total. The van der Waals surface area contributed by atoms with Gasteiger partial charge in [0.1, 0.15) is 18.2 Å². The molecular weight excluding hydrogens is 394 g/mol. The van der Waals surface area contributed by atoms with Crippen LogP contribution < -0.4 is 19.8 Å². The number of nitrogens with zero attached hydrogens (tertiary/aromatic N) is 2. The molecule has 3 rings (SSSR count). The molecule has 0 aliphatic rings. The summed E-state index contributed by atoms with van der Waals surface area (Å²) in [6, 6.07) is 10.6. The van der Waals surface area contributed by atoms with E-state index in [2.05, 4.69) is 21.8 Å². The molecule has 0 unspecified atom stereocenters. The quantitative estimate of drug-likeness (QED) is 0.574. The second kappa shape index (κ2) is 9.62. The molecule has 2 aromatic carbocycles. The zero-order valence-electron chi connectivity index (χ0n) is 16.7. The summed E-state index contributed by atoms with van der Waals surface area (Å²) in [5, 5.41) is 1.13. The first-order valence-corrected chi connectivity index (χ1v) is 9.67. The van der Waals surface area contributed by atoms with E-state index in [1.165, 1.54) is 7.11 Å². The summed E-state index contributed by atoms with van der Waals surface area (Å²) < 4.78 is 16.3. The highest BCUT2D eigenvalue weighted by atomic mass is 35.5. The predicted octanol–water partition coefficient (Wildman–Crippen LogP) is 3.49. The summed E-state index contributed by atoms with van der Waals surface area (Å²) in [4.78, 5) is 22.1. The van der Waals surface area contributed by atoms with E-state index >= 15 is 0 Å². The van der Waals surface area contributed by atoms with Crippen LogP contribution in [0.25, 0.3) is 10.9 Å². The predicted molar refractivity (Wildman–Crippen MR) is 113 cm³/mol.